The molecule has 0 bridgehead atoms. The Bertz CT molecular complexity index is 219. The van der Waals surface area contributed by atoms with E-state index in [-0.39, 0.29) is 18.6 Å². The summed E-state index contributed by atoms with van der Waals surface area (Å²) in [5.41, 5.74) is -0.481. The van der Waals surface area contributed by atoms with Crippen molar-refractivity contribution in [2.24, 2.45) is 0 Å². The van der Waals surface area contributed by atoms with Crippen molar-refractivity contribution < 1.29 is 9.90 Å². The molecule has 94 valence electrons. The molecule has 1 fully saturated rings. The van der Waals surface area contributed by atoms with E-state index >= 15 is 0 Å². The molecule has 0 aromatic rings. The summed E-state index contributed by atoms with van der Waals surface area (Å²) in [7, 11) is 0. The van der Waals surface area contributed by atoms with Crippen molar-refractivity contribution in [3.8, 4) is 0 Å². The van der Waals surface area contributed by atoms with Crippen molar-refractivity contribution in [3.05, 3.63) is 0 Å². The fraction of sp³-hybridized carbons (Fsp3) is 0.917. The average molecular weight is 228 g/mol. The van der Waals surface area contributed by atoms with Gasteiger partial charge in [-0.3, -0.25) is 4.79 Å². The smallest absolute Gasteiger partial charge is 0.237 e. The van der Waals surface area contributed by atoms with Crippen LogP contribution in [0, 0.1) is 0 Å². The second-order valence-corrected chi connectivity index (χ2v) is 4.92. The molecule has 0 saturated carbocycles. The minimum absolute atomic E-state index is 0.0119. The molecule has 1 aliphatic heterocycles. The number of amides is 1. The number of carbonyl (C=O) groups is 1. The molecular formula is C12H24N2O2. The molecule has 1 amide bonds. The predicted molar refractivity (Wildman–Crippen MR) is 64.2 cm³/mol. The molecule has 3 N–H and O–H groups in total. The van der Waals surface area contributed by atoms with Crippen molar-refractivity contribution in [2.45, 2.75) is 57.5 Å². The Morgan fingerprint density at radius 1 is 1.50 bits per heavy atom. The highest BCUT2D eigenvalue weighted by atomic mass is 16.3. The van der Waals surface area contributed by atoms with Gasteiger partial charge < -0.3 is 15.7 Å². The molecule has 0 radical (unpaired) electrons. The molecule has 0 aliphatic carbocycles. The van der Waals surface area contributed by atoms with Gasteiger partial charge in [-0.25, -0.2) is 0 Å². The van der Waals surface area contributed by atoms with E-state index < -0.39 is 5.54 Å². The van der Waals surface area contributed by atoms with Crippen molar-refractivity contribution in [1.29, 1.82) is 0 Å². The van der Waals surface area contributed by atoms with Crippen LogP contribution >= 0.6 is 0 Å². The lowest BCUT2D eigenvalue weighted by Crippen LogP contribution is -2.54. The van der Waals surface area contributed by atoms with Gasteiger partial charge >= 0.3 is 0 Å². The van der Waals surface area contributed by atoms with E-state index in [1.54, 1.807) is 0 Å². The van der Waals surface area contributed by atoms with Gasteiger partial charge in [0.05, 0.1) is 18.2 Å². The first-order chi connectivity index (χ1) is 7.61. The number of aliphatic hydroxyl groups is 1. The standard InChI is InChI=1S/C12H24N2O2/c1-3-12(2,9-15)14-11(16)10-7-5-4-6-8-13-10/h10,13,15H,3-9H2,1-2H3,(H,14,16). The first-order valence-electron chi connectivity index (χ1n) is 6.27. The summed E-state index contributed by atoms with van der Waals surface area (Å²) in [5.74, 6) is 0.0281. The first-order valence-corrected chi connectivity index (χ1v) is 6.27. The van der Waals surface area contributed by atoms with Crippen LogP contribution in [0.25, 0.3) is 0 Å². The fourth-order valence-electron chi connectivity index (χ4n) is 1.88. The van der Waals surface area contributed by atoms with Crippen LogP contribution in [-0.4, -0.2) is 35.7 Å². The Morgan fingerprint density at radius 2 is 2.25 bits per heavy atom. The zero-order chi connectivity index (χ0) is 12.0. The highest BCUT2D eigenvalue weighted by molar-refractivity contribution is 5.82. The van der Waals surface area contributed by atoms with Crippen LogP contribution in [0.15, 0.2) is 0 Å². The lowest BCUT2D eigenvalue weighted by Gasteiger charge is -2.29. The van der Waals surface area contributed by atoms with Crippen LogP contribution in [0.5, 0.6) is 0 Å². The first kappa shape index (κ1) is 13.5. The number of aliphatic hydroxyl groups excluding tert-OH is 1. The molecule has 1 heterocycles. The maximum Gasteiger partial charge on any atom is 0.237 e. The molecule has 0 aromatic carbocycles. The zero-order valence-corrected chi connectivity index (χ0v) is 10.4. The van der Waals surface area contributed by atoms with E-state index in [1.165, 1.54) is 6.42 Å². The van der Waals surface area contributed by atoms with Gasteiger partial charge in [0.1, 0.15) is 0 Å². The van der Waals surface area contributed by atoms with Crippen LogP contribution in [0.1, 0.15) is 46.0 Å². The van der Waals surface area contributed by atoms with Crippen molar-refractivity contribution >= 4 is 5.91 Å². The normalized spacial score (nSPS) is 25.6. The highest BCUT2D eigenvalue weighted by Crippen LogP contribution is 2.12. The van der Waals surface area contributed by atoms with E-state index in [0.29, 0.717) is 0 Å². The van der Waals surface area contributed by atoms with Gasteiger partial charge in [-0.05, 0) is 32.7 Å². The Balaban J connectivity index is 2.49. The second kappa shape index (κ2) is 6.21. The lowest BCUT2D eigenvalue weighted by atomic mass is 9.99. The van der Waals surface area contributed by atoms with Crippen LogP contribution in [0.3, 0.4) is 0 Å². The molecule has 4 nitrogen and oxygen atoms in total. The average Bonchev–Trinajstić information content (AvgIpc) is 2.57. The van der Waals surface area contributed by atoms with Crippen LogP contribution in [0.2, 0.25) is 0 Å². The largest absolute Gasteiger partial charge is 0.394 e. The third-order valence-corrected chi connectivity index (χ3v) is 3.43. The van der Waals surface area contributed by atoms with Gasteiger partial charge in [0.2, 0.25) is 5.91 Å². The zero-order valence-electron chi connectivity index (χ0n) is 10.4. The third-order valence-electron chi connectivity index (χ3n) is 3.43. The maximum absolute atomic E-state index is 12.0. The number of hydrogen-bond acceptors (Lipinski definition) is 3. The highest BCUT2D eigenvalue weighted by Gasteiger charge is 2.27. The van der Waals surface area contributed by atoms with Gasteiger partial charge in [0, 0.05) is 0 Å². The summed E-state index contributed by atoms with van der Waals surface area (Å²) in [5, 5.41) is 15.5. The monoisotopic (exact) mass is 228 g/mol. The maximum atomic E-state index is 12.0. The van der Waals surface area contributed by atoms with E-state index in [1.807, 2.05) is 13.8 Å². The van der Waals surface area contributed by atoms with Crippen LogP contribution < -0.4 is 10.6 Å². The molecular weight excluding hydrogens is 204 g/mol. The molecule has 4 heteroatoms. The molecule has 2 atom stereocenters. The summed E-state index contributed by atoms with van der Waals surface area (Å²) in [6.07, 6.45) is 5.09. The summed E-state index contributed by atoms with van der Waals surface area (Å²) >= 11 is 0. The van der Waals surface area contributed by atoms with Crippen LogP contribution in [0.4, 0.5) is 0 Å². The molecule has 0 spiro atoms. The number of rotatable bonds is 4. The fourth-order valence-corrected chi connectivity index (χ4v) is 1.88. The van der Waals surface area contributed by atoms with E-state index in [4.69, 9.17) is 0 Å². The van der Waals surface area contributed by atoms with Gasteiger partial charge in [-0.1, -0.05) is 19.8 Å². The lowest BCUT2D eigenvalue weighted by molar-refractivity contribution is -0.125. The van der Waals surface area contributed by atoms with Crippen molar-refractivity contribution in [3.63, 3.8) is 0 Å². The number of carbonyl (C=O) groups excluding carboxylic acids is 1. The molecule has 2 unspecified atom stereocenters. The van der Waals surface area contributed by atoms with Crippen molar-refractivity contribution in [2.75, 3.05) is 13.2 Å². The Kier molecular flexibility index (Phi) is 5.22. The Labute approximate surface area is 97.8 Å². The second-order valence-electron chi connectivity index (χ2n) is 4.92. The van der Waals surface area contributed by atoms with Gasteiger partial charge in [-0.15, -0.1) is 0 Å². The quantitative estimate of drug-likeness (QED) is 0.667. The van der Waals surface area contributed by atoms with Crippen molar-refractivity contribution in [1.82, 2.24) is 10.6 Å². The number of hydrogen-bond donors (Lipinski definition) is 3. The SMILES string of the molecule is CCC(C)(CO)NC(=O)C1CCCCCN1. The topological polar surface area (TPSA) is 61.4 Å². The minimum atomic E-state index is -0.481. The van der Waals surface area contributed by atoms with E-state index in [9.17, 15) is 9.90 Å². The Morgan fingerprint density at radius 3 is 2.88 bits per heavy atom. The van der Waals surface area contributed by atoms with E-state index in [2.05, 4.69) is 10.6 Å². The van der Waals surface area contributed by atoms with Crippen LogP contribution in [-0.2, 0) is 4.79 Å². The van der Waals surface area contributed by atoms with Gasteiger partial charge in [0.25, 0.3) is 0 Å². The molecule has 0 aromatic heterocycles. The third kappa shape index (κ3) is 3.76. The van der Waals surface area contributed by atoms with Gasteiger partial charge in [-0.2, -0.15) is 0 Å². The summed E-state index contributed by atoms with van der Waals surface area (Å²) < 4.78 is 0. The number of nitrogens with one attached hydrogen (secondary N) is 2. The molecule has 1 rings (SSSR count). The molecule has 1 aliphatic rings. The Hall–Kier alpha value is -0.610. The molecule has 1 saturated heterocycles. The predicted octanol–water partition coefficient (Wildman–Crippen LogP) is 0.796. The summed E-state index contributed by atoms with van der Waals surface area (Å²) in [6, 6.07) is -0.0834. The molecule has 16 heavy (non-hydrogen) atoms. The summed E-state index contributed by atoms with van der Waals surface area (Å²) in [4.78, 5) is 12.0. The van der Waals surface area contributed by atoms with E-state index in [0.717, 1.165) is 32.2 Å². The van der Waals surface area contributed by atoms with Gasteiger partial charge in [0.15, 0.2) is 0 Å². The minimum Gasteiger partial charge on any atom is -0.394 e. The summed E-state index contributed by atoms with van der Waals surface area (Å²) in [6.45, 7) is 4.75.